The summed E-state index contributed by atoms with van der Waals surface area (Å²) < 4.78 is 12.1. The summed E-state index contributed by atoms with van der Waals surface area (Å²) in [7, 11) is 3.21. The summed E-state index contributed by atoms with van der Waals surface area (Å²) in [5, 5.41) is 15.8. The lowest BCUT2D eigenvalue weighted by Crippen LogP contribution is -2.25. The summed E-state index contributed by atoms with van der Waals surface area (Å²) in [6.45, 7) is 0.569. The fourth-order valence-electron chi connectivity index (χ4n) is 2.39. The van der Waals surface area contributed by atoms with Gasteiger partial charge in [-0.05, 0) is 24.1 Å². The van der Waals surface area contributed by atoms with Crippen LogP contribution in [-0.2, 0) is 17.6 Å². The average molecular weight is 361 g/mol. The van der Waals surface area contributed by atoms with Crippen molar-refractivity contribution in [3.8, 4) is 11.5 Å². The molecule has 3 rings (SSSR count). The Bertz CT molecular complexity index is 832. The summed E-state index contributed by atoms with van der Waals surface area (Å²) in [6.07, 6.45) is 3.27. The molecule has 1 N–H and O–H groups in total. The van der Waals surface area contributed by atoms with Crippen molar-refractivity contribution in [2.75, 3.05) is 20.8 Å². The fraction of sp³-hybridized carbons (Fsp3) is 0.375. The van der Waals surface area contributed by atoms with E-state index in [0.717, 1.165) is 22.0 Å². The number of nitrogens with one attached hydrogen (secondary N) is 1. The third-order valence-electron chi connectivity index (χ3n) is 3.68. The second-order valence-electron chi connectivity index (χ2n) is 5.34. The van der Waals surface area contributed by atoms with Crippen LogP contribution in [0.2, 0.25) is 0 Å². The van der Waals surface area contributed by atoms with Crippen LogP contribution in [-0.4, -0.2) is 46.5 Å². The molecule has 0 radical (unpaired) electrons. The fourth-order valence-corrected chi connectivity index (χ4v) is 3.21. The van der Waals surface area contributed by atoms with Crippen molar-refractivity contribution < 1.29 is 14.3 Å². The molecule has 0 spiro atoms. The Morgan fingerprint density at radius 3 is 2.84 bits per heavy atom. The van der Waals surface area contributed by atoms with E-state index in [1.165, 1.54) is 11.3 Å². The van der Waals surface area contributed by atoms with Crippen LogP contribution in [0.15, 0.2) is 24.5 Å². The maximum Gasteiger partial charge on any atom is 0.234 e. The zero-order chi connectivity index (χ0) is 17.6. The summed E-state index contributed by atoms with van der Waals surface area (Å²) in [5.41, 5.74) is 1.08. The maximum atomic E-state index is 12.0. The number of hydrogen-bond acceptors (Lipinski definition) is 7. The second kappa shape index (κ2) is 7.93. The number of aromatic nitrogens is 4. The van der Waals surface area contributed by atoms with Gasteiger partial charge in [0.1, 0.15) is 11.3 Å². The summed E-state index contributed by atoms with van der Waals surface area (Å²) in [4.78, 5) is 12.7. The lowest BCUT2D eigenvalue weighted by atomic mass is 10.1. The lowest BCUT2D eigenvalue weighted by Gasteiger charge is -2.10. The molecule has 0 saturated heterocycles. The van der Waals surface area contributed by atoms with Gasteiger partial charge in [0.05, 0.1) is 14.2 Å². The van der Waals surface area contributed by atoms with E-state index in [1.54, 1.807) is 25.1 Å². The number of nitrogens with zero attached hydrogens (tertiary/aromatic N) is 4. The van der Waals surface area contributed by atoms with Gasteiger partial charge >= 0.3 is 0 Å². The molecule has 0 aliphatic rings. The van der Waals surface area contributed by atoms with Crippen LogP contribution in [0.25, 0.3) is 4.96 Å². The van der Waals surface area contributed by atoms with Gasteiger partial charge in [-0.1, -0.05) is 17.4 Å². The van der Waals surface area contributed by atoms with Gasteiger partial charge in [-0.3, -0.25) is 4.79 Å². The molecule has 1 aromatic carbocycles. The van der Waals surface area contributed by atoms with Gasteiger partial charge in [-0.2, -0.15) is 9.61 Å². The van der Waals surface area contributed by atoms with Crippen molar-refractivity contribution in [1.82, 2.24) is 25.1 Å². The first-order valence-corrected chi connectivity index (χ1v) is 8.64. The highest BCUT2D eigenvalue weighted by atomic mass is 32.1. The summed E-state index contributed by atoms with van der Waals surface area (Å²) in [6, 6.07) is 5.75. The van der Waals surface area contributed by atoms with Gasteiger partial charge in [0, 0.05) is 19.4 Å². The first-order chi connectivity index (χ1) is 12.2. The third kappa shape index (κ3) is 4.24. The van der Waals surface area contributed by atoms with Gasteiger partial charge in [-0.15, -0.1) is 10.2 Å². The molecule has 8 nitrogen and oxygen atoms in total. The molecule has 0 saturated carbocycles. The lowest BCUT2D eigenvalue weighted by molar-refractivity contribution is -0.121. The van der Waals surface area contributed by atoms with Crippen molar-refractivity contribution in [2.45, 2.75) is 19.3 Å². The van der Waals surface area contributed by atoms with Crippen LogP contribution in [0.4, 0.5) is 0 Å². The molecule has 25 heavy (non-hydrogen) atoms. The number of ether oxygens (including phenoxy) is 2. The average Bonchev–Trinajstić information content (AvgIpc) is 3.21. The minimum absolute atomic E-state index is 0.00596. The monoisotopic (exact) mass is 361 g/mol. The summed E-state index contributed by atoms with van der Waals surface area (Å²) in [5.74, 6) is 1.39. The van der Waals surface area contributed by atoms with Crippen LogP contribution in [0.3, 0.4) is 0 Å². The predicted octanol–water partition coefficient (Wildman–Crippen LogP) is 1.49. The van der Waals surface area contributed by atoms with Crippen molar-refractivity contribution in [3.05, 3.63) is 35.1 Å². The van der Waals surface area contributed by atoms with Crippen LogP contribution < -0.4 is 14.8 Å². The van der Waals surface area contributed by atoms with Gasteiger partial charge in [-0.25, -0.2) is 0 Å². The summed E-state index contributed by atoms with van der Waals surface area (Å²) >= 11 is 1.45. The molecular weight excluding hydrogens is 342 g/mol. The van der Waals surface area contributed by atoms with Gasteiger partial charge in [0.15, 0.2) is 11.5 Å². The van der Waals surface area contributed by atoms with E-state index in [9.17, 15) is 4.79 Å². The number of carbonyl (C=O) groups is 1. The highest BCUT2D eigenvalue weighted by Crippen LogP contribution is 2.27. The molecule has 0 aliphatic carbocycles. The molecule has 9 heteroatoms. The van der Waals surface area contributed by atoms with Gasteiger partial charge in [0.2, 0.25) is 10.9 Å². The Kier molecular flexibility index (Phi) is 5.44. The molecule has 0 fully saturated rings. The molecule has 0 unspecified atom stereocenters. The SMILES string of the molecule is COc1ccc(CCNC(=O)CCc2nn3cnnc3s2)cc1OC. The van der Waals surface area contributed by atoms with E-state index in [1.807, 2.05) is 18.2 Å². The van der Waals surface area contributed by atoms with E-state index >= 15 is 0 Å². The molecule has 0 aliphatic heterocycles. The number of benzene rings is 1. The van der Waals surface area contributed by atoms with Gasteiger partial charge < -0.3 is 14.8 Å². The van der Waals surface area contributed by atoms with E-state index in [-0.39, 0.29) is 5.91 Å². The first kappa shape index (κ1) is 17.2. The standard InChI is InChI=1S/C16H19N5O3S/c1-23-12-4-3-11(9-13(12)24-2)7-8-17-14(22)5-6-15-20-21-10-18-19-16(21)25-15/h3-4,9-10H,5-8H2,1-2H3,(H,17,22). The first-order valence-electron chi connectivity index (χ1n) is 7.83. The number of carbonyl (C=O) groups excluding carboxylic acids is 1. The zero-order valence-electron chi connectivity index (χ0n) is 14.1. The molecule has 0 bridgehead atoms. The van der Waals surface area contributed by atoms with Crippen LogP contribution in [0, 0.1) is 0 Å². The highest BCUT2D eigenvalue weighted by molar-refractivity contribution is 7.16. The molecule has 132 valence electrons. The highest BCUT2D eigenvalue weighted by Gasteiger charge is 2.09. The minimum Gasteiger partial charge on any atom is -0.493 e. The van der Waals surface area contributed by atoms with E-state index in [2.05, 4.69) is 20.6 Å². The third-order valence-corrected chi connectivity index (χ3v) is 4.65. The number of fused-ring (bicyclic) bond motifs is 1. The Balaban J connectivity index is 1.43. The Morgan fingerprint density at radius 1 is 1.24 bits per heavy atom. The quantitative estimate of drug-likeness (QED) is 0.654. The Labute approximate surface area is 148 Å². The van der Waals surface area contributed by atoms with Crippen LogP contribution in [0.1, 0.15) is 17.0 Å². The Morgan fingerprint density at radius 2 is 2.08 bits per heavy atom. The Hall–Kier alpha value is -2.68. The second-order valence-corrected chi connectivity index (χ2v) is 6.38. The molecule has 3 aromatic rings. The zero-order valence-corrected chi connectivity index (χ0v) is 14.9. The van der Waals surface area contributed by atoms with Crippen molar-refractivity contribution >= 4 is 22.2 Å². The van der Waals surface area contributed by atoms with E-state index in [4.69, 9.17) is 9.47 Å². The molecule has 1 amide bonds. The van der Waals surface area contributed by atoms with Crippen molar-refractivity contribution in [1.29, 1.82) is 0 Å². The number of rotatable bonds is 8. The number of hydrogen-bond donors (Lipinski definition) is 1. The van der Waals surface area contributed by atoms with E-state index < -0.39 is 0 Å². The number of amides is 1. The molecular formula is C16H19N5O3S. The molecule has 2 heterocycles. The smallest absolute Gasteiger partial charge is 0.234 e. The van der Waals surface area contributed by atoms with Crippen molar-refractivity contribution in [3.63, 3.8) is 0 Å². The number of methoxy groups -OCH3 is 2. The van der Waals surface area contributed by atoms with Crippen molar-refractivity contribution in [2.24, 2.45) is 0 Å². The minimum atomic E-state index is 0.00596. The molecule has 2 aromatic heterocycles. The van der Waals surface area contributed by atoms with Gasteiger partial charge in [0.25, 0.3) is 0 Å². The van der Waals surface area contributed by atoms with Crippen LogP contribution >= 0.6 is 11.3 Å². The normalized spacial score (nSPS) is 10.8. The van der Waals surface area contributed by atoms with E-state index in [0.29, 0.717) is 30.9 Å². The topological polar surface area (TPSA) is 90.6 Å². The maximum absolute atomic E-state index is 12.0. The number of aryl methyl sites for hydroxylation is 1. The predicted molar refractivity (Wildman–Crippen MR) is 93.2 cm³/mol. The largest absolute Gasteiger partial charge is 0.493 e. The van der Waals surface area contributed by atoms with Crippen LogP contribution in [0.5, 0.6) is 11.5 Å². The molecule has 0 atom stereocenters.